The number of anilines is 1. The molecule has 0 unspecified atom stereocenters. The molecule has 2 N–H and O–H groups in total. The molecule has 0 spiro atoms. The van der Waals surface area contributed by atoms with E-state index in [9.17, 15) is 0 Å². The maximum atomic E-state index is 6.60. The van der Waals surface area contributed by atoms with Gasteiger partial charge in [0, 0.05) is 36.3 Å². The van der Waals surface area contributed by atoms with Crippen LogP contribution in [0.2, 0.25) is 0 Å². The molecule has 0 aliphatic heterocycles. The third kappa shape index (κ3) is 3.67. The van der Waals surface area contributed by atoms with E-state index >= 15 is 0 Å². The largest absolute Gasteiger partial charge is 0.486 e. The Kier molecular flexibility index (Phi) is 5.28. The number of ether oxygens (including phenoxy) is 1. The van der Waals surface area contributed by atoms with Crippen molar-refractivity contribution in [1.82, 2.24) is 4.57 Å². The summed E-state index contributed by atoms with van der Waals surface area (Å²) >= 11 is 1.77. The molecule has 9 rings (SSSR count). The number of para-hydroxylation sites is 1. The average Bonchev–Trinajstić information content (AvgIpc) is 3.59. The summed E-state index contributed by atoms with van der Waals surface area (Å²) in [6, 6.07) is 47.6. The second-order valence-electron chi connectivity index (χ2n) is 11.1. The predicted molar refractivity (Wildman–Crippen MR) is 184 cm³/mol. The Morgan fingerprint density at radius 2 is 1.26 bits per heavy atom. The van der Waals surface area contributed by atoms with E-state index in [-0.39, 0.29) is 0 Å². The van der Waals surface area contributed by atoms with E-state index in [0.29, 0.717) is 12.3 Å². The van der Waals surface area contributed by atoms with Gasteiger partial charge in [-0.25, -0.2) is 0 Å². The third-order valence-corrected chi connectivity index (χ3v) is 9.81. The SMILES string of the molecule is Nc1ccc2sc3ccccc3c2c1OCc1ccc(-n2c3ccccc3c3cc4ccccc4cc32)c2ccccc12. The third-order valence-electron chi connectivity index (χ3n) is 8.67. The Morgan fingerprint density at radius 3 is 2.12 bits per heavy atom. The van der Waals surface area contributed by atoms with Crippen LogP contribution in [0.25, 0.3) is 69.2 Å². The highest BCUT2D eigenvalue weighted by molar-refractivity contribution is 7.25. The molecule has 0 fully saturated rings. The first kappa shape index (κ1) is 24.3. The number of nitrogens with zero attached hydrogens (tertiary/aromatic N) is 1. The molecule has 204 valence electrons. The molecule has 3 nitrogen and oxygen atoms in total. The van der Waals surface area contributed by atoms with Crippen LogP contribution in [0.1, 0.15) is 5.56 Å². The van der Waals surface area contributed by atoms with E-state index < -0.39 is 0 Å². The molecule has 7 aromatic carbocycles. The minimum Gasteiger partial charge on any atom is -0.486 e. The van der Waals surface area contributed by atoms with Crippen LogP contribution in [0.3, 0.4) is 0 Å². The summed E-state index contributed by atoms with van der Waals surface area (Å²) in [5.41, 5.74) is 11.9. The van der Waals surface area contributed by atoms with Crippen LogP contribution < -0.4 is 10.5 Å². The number of nitrogens with two attached hydrogens (primary N) is 1. The number of nitrogen functional groups attached to an aromatic ring is 1. The Hall–Kier alpha value is -5.32. The number of aromatic nitrogens is 1. The van der Waals surface area contributed by atoms with Crippen LogP contribution in [0, 0.1) is 0 Å². The van der Waals surface area contributed by atoms with Gasteiger partial charge in [-0.15, -0.1) is 11.3 Å². The molecule has 0 aliphatic carbocycles. The second-order valence-corrected chi connectivity index (χ2v) is 12.2. The second kappa shape index (κ2) is 9.35. The fraction of sp³-hybridized carbons (Fsp3) is 0.0256. The zero-order valence-corrected chi connectivity index (χ0v) is 24.1. The molecule has 4 heteroatoms. The smallest absolute Gasteiger partial charge is 0.151 e. The lowest BCUT2D eigenvalue weighted by Crippen LogP contribution is -2.02. The lowest BCUT2D eigenvalue weighted by Gasteiger charge is -2.16. The zero-order valence-electron chi connectivity index (χ0n) is 23.2. The number of hydrogen-bond acceptors (Lipinski definition) is 3. The minimum absolute atomic E-state index is 0.423. The molecule has 0 saturated heterocycles. The molecular weight excluding hydrogens is 545 g/mol. The molecule has 9 aromatic rings. The molecule has 43 heavy (non-hydrogen) atoms. The first-order valence-corrected chi connectivity index (χ1v) is 15.3. The lowest BCUT2D eigenvalue weighted by atomic mass is 10.0. The van der Waals surface area contributed by atoms with Crippen LogP contribution in [0.4, 0.5) is 5.69 Å². The van der Waals surface area contributed by atoms with Gasteiger partial charge in [0.05, 0.1) is 22.4 Å². The van der Waals surface area contributed by atoms with Crippen LogP contribution in [0.15, 0.2) is 133 Å². The number of benzene rings is 7. The number of thiophene rings is 1. The van der Waals surface area contributed by atoms with Crippen LogP contribution >= 0.6 is 11.3 Å². The molecule has 0 radical (unpaired) electrons. The van der Waals surface area contributed by atoms with Crippen LogP contribution in [-0.2, 0) is 6.61 Å². The maximum absolute atomic E-state index is 6.60. The van der Waals surface area contributed by atoms with Crippen molar-refractivity contribution in [3.63, 3.8) is 0 Å². The van der Waals surface area contributed by atoms with Gasteiger partial charge in [-0.1, -0.05) is 91.0 Å². The average molecular weight is 571 g/mol. The van der Waals surface area contributed by atoms with Crippen molar-refractivity contribution in [2.45, 2.75) is 6.61 Å². The van der Waals surface area contributed by atoms with E-state index in [1.807, 2.05) is 6.07 Å². The predicted octanol–water partition coefficient (Wildman–Crippen LogP) is 10.6. The van der Waals surface area contributed by atoms with Gasteiger partial charge in [0.2, 0.25) is 0 Å². The summed E-state index contributed by atoms with van der Waals surface area (Å²) in [5, 5.41) is 9.65. The van der Waals surface area contributed by atoms with Gasteiger partial charge in [0.15, 0.2) is 5.75 Å². The maximum Gasteiger partial charge on any atom is 0.151 e. The normalized spacial score (nSPS) is 11.9. The zero-order chi connectivity index (χ0) is 28.5. The molecule has 0 amide bonds. The Morgan fingerprint density at radius 1 is 0.558 bits per heavy atom. The van der Waals surface area contributed by atoms with Crippen molar-refractivity contribution < 1.29 is 4.74 Å². The van der Waals surface area contributed by atoms with Crippen molar-refractivity contribution in [2.24, 2.45) is 0 Å². The first-order chi connectivity index (χ1) is 21.2. The number of fused-ring (bicyclic) bond motifs is 8. The van der Waals surface area contributed by atoms with Crippen LogP contribution in [-0.4, -0.2) is 4.57 Å². The summed E-state index contributed by atoms with van der Waals surface area (Å²) in [6.45, 7) is 0.423. The Bertz CT molecular complexity index is 2540. The topological polar surface area (TPSA) is 40.2 Å². The van der Waals surface area contributed by atoms with Crippen molar-refractivity contribution in [3.8, 4) is 11.4 Å². The first-order valence-electron chi connectivity index (χ1n) is 14.5. The molecule has 0 atom stereocenters. The van der Waals surface area contributed by atoms with Gasteiger partial charge in [0.25, 0.3) is 0 Å². The standard InChI is InChI=1S/C39H26N2OS/c40-32-18-20-37-38(30-14-6-8-16-36(30)43-37)39(32)42-23-26-17-19-34(28-12-4-3-11-27(26)28)41-33-15-7-5-13-29(33)31-21-24-9-1-2-10-25(24)22-35(31)41/h1-22H,23,40H2. The van der Waals surface area contributed by atoms with Crippen LogP contribution in [0.5, 0.6) is 5.75 Å². The summed E-state index contributed by atoms with van der Waals surface area (Å²) in [4.78, 5) is 0. The van der Waals surface area contributed by atoms with E-state index in [1.54, 1.807) is 11.3 Å². The molecule has 0 aliphatic rings. The fourth-order valence-corrected chi connectivity index (χ4v) is 7.79. The van der Waals surface area contributed by atoms with E-state index in [4.69, 9.17) is 10.5 Å². The molecule has 0 saturated carbocycles. The molecule has 0 bridgehead atoms. The van der Waals surface area contributed by atoms with Crippen molar-refractivity contribution >= 4 is 80.5 Å². The van der Waals surface area contributed by atoms with Gasteiger partial charge >= 0.3 is 0 Å². The van der Waals surface area contributed by atoms with E-state index in [2.05, 4.69) is 132 Å². The highest BCUT2D eigenvalue weighted by atomic mass is 32.1. The summed E-state index contributed by atoms with van der Waals surface area (Å²) in [6.07, 6.45) is 0. The van der Waals surface area contributed by atoms with Gasteiger partial charge in [-0.3, -0.25) is 0 Å². The van der Waals surface area contributed by atoms with Crippen molar-refractivity contribution in [3.05, 3.63) is 139 Å². The Labute approximate surface area is 252 Å². The molecule has 2 heterocycles. The lowest BCUT2D eigenvalue weighted by molar-refractivity contribution is 0.313. The highest BCUT2D eigenvalue weighted by Gasteiger charge is 2.18. The van der Waals surface area contributed by atoms with Gasteiger partial charge in [-0.2, -0.15) is 0 Å². The molecule has 2 aromatic heterocycles. The highest BCUT2D eigenvalue weighted by Crippen LogP contribution is 2.43. The van der Waals surface area contributed by atoms with Gasteiger partial charge in [-0.05, 0) is 64.2 Å². The quantitative estimate of drug-likeness (QED) is 0.214. The van der Waals surface area contributed by atoms with E-state index in [0.717, 1.165) is 22.4 Å². The van der Waals surface area contributed by atoms with Gasteiger partial charge < -0.3 is 15.0 Å². The van der Waals surface area contributed by atoms with Gasteiger partial charge in [0.1, 0.15) is 6.61 Å². The summed E-state index contributed by atoms with van der Waals surface area (Å²) < 4.78 is 11.4. The Balaban J connectivity index is 1.21. The number of rotatable bonds is 4. The van der Waals surface area contributed by atoms with Crippen molar-refractivity contribution in [1.29, 1.82) is 0 Å². The van der Waals surface area contributed by atoms with Crippen molar-refractivity contribution in [2.75, 3.05) is 5.73 Å². The number of hydrogen-bond donors (Lipinski definition) is 1. The fourth-order valence-electron chi connectivity index (χ4n) is 6.69. The summed E-state index contributed by atoms with van der Waals surface area (Å²) in [5.74, 6) is 0.761. The summed E-state index contributed by atoms with van der Waals surface area (Å²) in [7, 11) is 0. The van der Waals surface area contributed by atoms with E-state index in [1.165, 1.54) is 58.1 Å². The minimum atomic E-state index is 0.423. The monoisotopic (exact) mass is 570 g/mol. The molecular formula is C39H26N2OS.